The largest absolute Gasteiger partial charge is 0.462 e. The number of carbonyl (C=O) groups is 1. The van der Waals surface area contributed by atoms with E-state index in [2.05, 4.69) is 18.8 Å². The molecule has 7 nitrogen and oxygen atoms in total. The number of carbonyl (C=O) groups excluding carboxylic acids is 1. The molecule has 170 valence electrons. The molecular weight excluding hydrogens is 448 g/mol. The van der Waals surface area contributed by atoms with Crippen molar-refractivity contribution in [3.63, 3.8) is 0 Å². The Labute approximate surface area is 192 Å². The van der Waals surface area contributed by atoms with E-state index >= 15 is 0 Å². The lowest BCUT2D eigenvalue weighted by molar-refractivity contribution is -0.151. The van der Waals surface area contributed by atoms with E-state index in [9.17, 15) is 13.2 Å². The standard InChI is InChI=1S/C23H26N2O5S2/c1-16(2)17-5-7-20(8-6-17)32(27,28)25-11-9-18(10-12-25)23(26)30-14-19-15-31-22(24-19)21-4-3-13-29-21/h3-8,13,15-16,18H,9-12,14H2,1-2H3. The van der Waals surface area contributed by atoms with Gasteiger partial charge in [-0.1, -0.05) is 26.0 Å². The number of piperidine rings is 1. The molecule has 32 heavy (non-hydrogen) atoms. The maximum absolute atomic E-state index is 13.0. The highest BCUT2D eigenvalue weighted by Gasteiger charge is 2.33. The molecule has 0 aliphatic carbocycles. The fourth-order valence-electron chi connectivity index (χ4n) is 3.66. The van der Waals surface area contributed by atoms with Crippen LogP contribution in [-0.4, -0.2) is 36.8 Å². The molecule has 2 aromatic heterocycles. The smallest absolute Gasteiger partial charge is 0.309 e. The van der Waals surface area contributed by atoms with Crippen molar-refractivity contribution in [1.82, 2.24) is 9.29 Å². The summed E-state index contributed by atoms with van der Waals surface area (Å²) in [6, 6.07) is 10.7. The zero-order chi connectivity index (χ0) is 22.7. The number of hydrogen-bond donors (Lipinski definition) is 0. The van der Waals surface area contributed by atoms with Crippen molar-refractivity contribution in [3.05, 3.63) is 59.3 Å². The summed E-state index contributed by atoms with van der Waals surface area (Å²) in [6.45, 7) is 4.83. The molecule has 0 N–H and O–H groups in total. The molecule has 0 radical (unpaired) electrons. The zero-order valence-electron chi connectivity index (χ0n) is 18.1. The molecule has 0 amide bonds. The number of sulfonamides is 1. The summed E-state index contributed by atoms with van der Waals surface area (Å²) in [5.41, 5.74) is 1.77. The number of hydrogen-bond acceptors (Lipinski definition) is 7. The number of benzene rings is 1. The van der Waals surface area contributed by atoms with Gasteiger partial charge in [0.15, 0.2) is 10.8 Å². The maximum atomic E-state index is 13.0. The number of esters is 1. The molecule has 1 saturated heterocycles. The molecule has 0 unspecified atom stereocenters. The van der Waals surface area contributed by atoms with Crippen molar-refractivity contribution in [2.45, 2.75) is 44.1 Å². The van der Waals surface area contributed by atoms with Crippen LogP contribution < -0.4 is 0 Å². The van der Waals surface area contributed by atoms with Crippen molar-refractivity contribution in [1.29, 1.82) is 0 Å². The number of aromatic nitrogens is 1. The second kappa shape index (κ2) is 9.56. The first-order valence-electron chi connectivity index (χ1n) is 10.6. The van der Waals surface area contributed by atoms with Crippen LogP contribution in [0.2, 0.25) is 0 Å². The van der Waals surface area contributed by atoms with Gasteiger partial charge >= 0.3 is 5.97 Å². The fraction of sp³-hybridized carbons (Fsp3) is 0.391. The molecule has 3 heterocycles. The molecule has 0 saturated carbocycles. The lowest BCUT2D eigenvalue weighted by Gasteiger charge is -2.30. The van der Waals surface area contributed by atoms with E-state index in [4.69, 9.17) is 9.15 Å². The molecule has 0 atom stereocenters. The summed E-state index contributed by atoms with van der Waals surface area (Å²) < 4.78 is 38.1. The Morgan fingerprint density at radius 3 is 2.56 bits per heavy atom. The van der Waals surface area contributed by atoms with Gasteiger partial charge in [0.05, 0.1) is 22.8 Å². The molecule has 1 aromatic carbocycles. The molecule has 1 aliphatic heterocycles. The first-order valence-corrected chi connectivity index (χ1v) is 12.9. The average Bonchev–Trinajstić information content (AvgIpc) is 3.49. The highest BCUT2D eigenvalue weighted by Crippen LogP contribution is 2.27. The van der Waals surface area contributed by atoms with Crippen molar-refractivity contribution < 1.29 is 22.4 Å². The minimum absolute atomic E-state index is 0.0940. The van der Waals surface area contributed by atoms with Gasteiger partial charge in [-0.25, -0.2) is 13.4 Å². The monoisotopic (exact) mass is 474 g/mol. The van der Waals surface area contributed by atoms with Gasteiger partial charge in [-0.2, -0.15) is 4.31 Å². The van der Waals surface area contributed by atoms with Gasteiger partial charge < -0.3 is 9.15 Å². The van der Waals surface area contributed by atoms with E-state index in [1.54, 1.807) is 24.5 Å². The molecule has 4 rings (SSSR count). The van der Waals surface area contributed by atoms with Crippen LogP contribution in [0, 0.1) is 5.92 Å². The molecule has 3 aromatic rings. The van der Waals surface area contributed by atoms with E-state index < -0.39 is 10.0 Å². The molecule has 1 aliphatic rings. The van der Waals surface area contributed by atoms with Gasteiger partial charge in [-0.05, 0) is 48.6 Å². The highest BCUT2D eigenvalue weighted by molar-refractivity contribution is 7.89. The Balaban J connectivity index is 1.29. The predicted molar refractivity (Wildman–Crippen MR) is 122 cm³/mol. The van der Waals surface area contributed by atoms with Gasteiger partial charge in [-0.3, -0.25) is 4.79 Å². The van der Waals surface area contributed by atoms with Gasteiger partial charge in [0.25, 0.3) is 0 Å². The fourth-order valence-corrected chi connectivity index (χ4v) is 5.90. The van der Waals surface area contributed by atoms with E-state index in [1.807, 2.05) is 23.6 Å². The summed E-state index contributed by atoms with van der Waals surface area (Å²) >= 11 is 1.43. The summed E-state index contributed by atoms with van der Waals surface area (Å²) in [6.07, 6.45) is 2.47. The Kier molecular flexibility index (Phi) is 6.78. The highest BCUT2D eigenvalue weighted by atomic mass is 32.2. The SMILES string of the molecule is CC(C)c1ccc(S(=O)(=O)N2CCC(C(=O)OCc3csc(-c4ccco4)n3)CC2)cc1. The third kappa shape index (κ3) is 4.95. The van der Waals surface area contributed by atoms with Crippen LogP contribution in [0.4, 0.5) is 0 Å². The second-order valence-electron chi connectivity index (χ2n) is 8.13. The normalized spacial score (nSPS) is 15.8. The first kappa shape index (κ1) is 22.7. The van der Waals surface area contributed by atoms with Crippen LogP contribution in [0.5, 0.6) is 0 Å². The molecular formula is C23H26N2O5S2. The number of thiazole rings is 1. The van der Waals surface area contributed by atoms with Gasteiger partial charge in [-0.15, -0.1) is 11.3 Å². The van der Waals surface area contributed by atoms with Crippen molar-refractivity contribution in [2.24, 2.45) is 5.92 Å². The molecule has 1 fully saturated rings. The van der Waals surface area contributed by atoms with Crippen LogP contribution >= 0.6 is 11.3 Å². The summed E-state index contributed by atoms with van der Waals surface area (Å²) in [7, 11) is -3.56. The number of nitrogens with zero attached hydrogens (tertiary/aromatic N) is 2. The lowest BCUT2D eigenvalue weighted by atomic mass is 9.98. The summed E-state index contributed by atoms with van der Waals surface area (Å²) in [5.74, 6) is 0.401. The third-order valence-electron chi connectivity index (χ3n) is 5.62. The Morgan fingerprint density at radius 2 is 1.94 bits per heavy atom. The van der Waals surface area contributed by atoms with Crippen LogP contribution in [0.3, 0.4) is 0 Å². The van der Waals surface area contributed by atoms with E-state index in [-0.39, 0.29) is 18.5 Å². The molecule has 9 heteroatoms. The Morgan fingerprint density at radius 1 is 1.22 bits per heavy atom. The van der Waals surface area contributed by atoms with Crippen LogP contribution in [0.15, 0.2) is 57.4 Å². The minimum Gasteiger partial charge on any atom is -0.462 e. The Bertz CT molecular complexity index is 1140. The number of furan rings is 1. The zero-order valence-corrected chi connectivity index (χ0v) is 19.7. The van der Waals surface area contributed by atoms with Gasteiger partial charge in [0.1, 0.15) is 6.61 Å². The van der Waals surface area contributed by atoms with E-state index in [0.717, 1.165) is 10.6 Å². The first-order chi connectivity index (χ1) is 15.3. The van der Waals surface area contributed by atoms with E-state index in [0.29, 0.717) is 48.2 Å². The van der Waals surface area contributed by atoms with Crippen LogP contribution in [0.25, 0.3) is 10.8 Å². The molecule has 0 spiro atoms. The van der Waals surface area contributed by atoms with Gasteiger partial charge in [0.2, 0.25) is 10.0 Å². The molecule has 0 bridgehead atoms. The third-order valence-corrected chi connectivity index (χ3v) is 8.44. The van der Waals surface area contributed by atoms with Crippen molar-refractivity contribution in [3.8, 4) is 10.8 Å². The second-order valence-corrected chi connectivity index (χ2v) is 10.9. The minimum atomic E-state index is -3.56. The van der Waals surface area contributed by atoms with Crippen molar-refractivity contribution in [2.75, 3.05) is 13.1 Å². The van der Waals surface area contributed by atoms with Crippen LogP contribution in [0.1, 0.15) is 43.9 Å². The summed E-state index contributed by atoms with van der Waals surface area (Å²) in [4.78, 5) is 17.2. The quantitative estimate of drug-likeness (QED) is 0.462. The number of rotatable bonds is 7. The van der Waals surface area contributed by atoms with E-state index in [1.165, 1.54) is 15.6 Å². The van der Waals surface area contributed by atoms with Gasteiger partial charge in [0, 0.05) is 18.5 Å². The average molecular weight is 475 g/mol. The Hall–Kier alpha value is -2.49. The van der Waals surface area contributed by atoms with Crippen molar-refractivity contribution >= 4 is 27.3 Å². The van der Waals surface area contributed by atoms with Crippen LogP contribution in [-0.2, 0) is 26.2 Å². The maximum Gasteiger partial charge on any atom is 0.309 e. The number of ether oxygens (including phenoxy) is 1. The predicted octanol–water partition coefficient (Wildman–Crippen LogP) is 4.67. The summed E-state index contributed by atoms with van der Waals surface area (Å²) in [5, 5.41) is 2.58. The lowest BCUT2D eigenvalue weighted by Crippen LogP contribution is -2.40. The topological polar surface area (TPSA) is 89.7 Å².